The number of carboxylic acids is 1. The zero-order valence-electron chi connectivity index (χ0n) is 7.29. The quantitative estimate of drug-likeness (QED) is 0.892. The Kier molecular flexibility index (Phi) is 4.03. The van der Waals surface area contributed by atoms with Crippen LogP contribution in [0.15, 0.2) is 21.2 Å². The molecule has 1 aromatic heterocycles. The first kappa shape index (κ1) is 11.6. The average molecular weight is 324 g/mol. The number of nitrogens with one attached hydrogen (secondary N) is 1. The Labute approximate surface area is 98.0 Å². The fourth-order valence-electron chi connectivity index (χ4n) is 1.01. The van der Waals surface area contributed by atoms with Crippen LogP contribution in [0.2, 0.25) is 0 Å². The molecule has 1 aromatic rings. The molecule has 0 saturated carbocycles. The maximum atomic E-state index is 10.8. The first-order valence-electron chi connectivity index (χ1n) is 3.77. The largest absolute Gasteiger partial charge is 0.480 e. The molecule has 1 unspecified atom stereocenters. The van der Waals surface area contributed by atoms with Gasteiger partial charge in [0, 0.05) is 15.1 Å². The van der Waals surface area contributed by atoms with E-state index < -0.39 is 12.0 Å². The van der Waals surface area contributed by atoms with Gasteiger partial charge in [0.1, 0.15) is 6.04 Å². The highest BCUT2D eigenvalue weighted by atomic mass is 79.9. The fraction of sp³-hybridized carbons (Fsp3) is 0.250. The summed E-state index contributed by atoms with van der Waals surface area (Å²) in [6.45, 7) is 0. The number of halogens is 2. The zero-order chi connectivity index (χ0) is 10.7. The fourth-order valence-corrected chi connectivity index (χ4v) is 2.23. The number of rotatable bonds is 3. The number of carboxylic acid groups (broad SMARTS) is 1. The molecule has 0 spiro atoms. The molecule has 0 fully saturated rings. The highest BCUT2D eigenvalue weighted by molar-refractivity contribution is 9.11. The SMILES string of the molecule is CNC(C(=O)O)c1ncc(Br)cc1Br. The molecular formula is C8H8Br2N2O2. The summed E-state index contributed by atoms with van der Waals surface area (Å²) in [5, 5.41) is 11.6. The Morgan fingerprint density at radius 2 is 2.29 bits per heavy atom. The van der Waals surface area contributed by atoms with Crippen LogP contribution in [0, 0.1) is 0 Å². The van der Waals surface area contributed by atoms with Crippen LogP contribution < -0.4 is 5.32 Å². The minimum Gasteiger partial charge on any atom is -0.480 e. The average Bonchev–Trinajstić information content (AvgIpc) is 2.09. The van der Waals surface area contributed by atoms with E-state index in [-0.39, 0.29) is 0 Å². The Morgan fingerprint density at radius 1 is 1.64 bits per heavy atom. The molecule has 0 saturated heterocycles. The first-order valence-corrected chi connectivity index (χ1v) is 5.36. The minimum atomic E-state index is -0.956. The summed E-state index contributed by atoms with van der Waals surface area (Å²) in [5.41, 5.74) is 0.461. The molecule has 0 bridgehead atoms. The number of likely N-dealkylation sites (N-methyl/N-ethyl adjacent to an activating group) is 1. The minimum absolute atomic E-state index is 0.461. The van der Waals surface area contributed by atoms with E-state index in [1.807, 2.05) is 0 Å². The standard InChI is InChI=1S/C8H8Br2N2O2/c1-11-7(8(13)14)6-5(10)2-4(9)3-12-6/h2-3,7,11H,1H3,(H,13,14). The second kappa shape index (κ2) is 4.86. The van der Waals surface area contributed by atoms with Crippen molar-refractivity contribution in [3.63, 3.8) is 0 Å². The molecule has 0 aromatic carbocycles. The topological polar surface area (TPSA) is 62.2 Å². The number of aliphatic carboxylic acids is 1. The van der Waals surface area contributed by atoms with Crippen LogP contribution in [0.1, 0.15) is 11.7 Å². The number of aromatic nitrogens is 1. The molecule has 0 amide bonds. The second-order valence-corrected chi connectivity index (χ2v) is 4.35. The summed E-state index contributed by atoms with van der Waals surface area (Å²) < 4.78 is 1.46. The summed E-state index contributed by atoms with van der Waals surface area (Å²) in [5.74, 6) is -0.956. The third-order valence-corrected chi connectivity index (χ3v) is 2.71. The van der Waals surface area contributed by atoms with Gasteiger partial charge in [-0.05, 0) is 45.0 Å². The van der Waals surface area contributed by atoms with Crippen LogP contribution in [-0.2, 0) is 4.79 Å². The molecule has 0 aliphatic heterocycles. The molecule has 0 radical (unpaired) electrons. The van der Waals surface area contributed by atoms with Gasteiger partial charge in [0.25, 0.3) is 0 Å². The van der Waals surface area contributed by atoms with E-state index in [1.54, 1.807) is 19.3 Å². The van der Waals surface area contributed by atoms with Crippen molar-refractivity contribution in [1.29, 1.82) is 0 Å². The van der Waals surface area contributed by atoms with Gasteiger partial charge in [-0.2, -0.15) is 0 Å². The van der Waals surface area contributed by atoms with E-state index in [0.29, 0.717) is 10.2 Å². The highest BCUT2D eigenvalue weighted by Gasteiger charge is 2.21. The lowest BCUT2D eigenvalue weighted by atomic mass is 10.2. The third kappa shape index (κ3) is 2.52. The summed E-state index contributed by atoms with van der Waals surface area (Å²) in [6.07, 6.45) is 1.56. The van der Waals surface area contributed by atoms with E-state index in [1.165, 1.54) is 0 Å². The van der Waals surface area contributed by atoms with Gasteiger partial charge < -0.3 is 10.4 Å². The van der Waals surface area contributed by atoms with Gasteiger partial charge in [0.05, 0.1) is 5.69 Å². The molecule has 4 nitrogen and oxygen atoms in total. The molecule has 0 aliphatic carbocycles. The van der Waals surface area contributed by atoms with E-state index in [4.69, 9.17) is 5.11 Å². The van der Waals surface area contributed by atoms with Gasteiger partial charge in [0.15, 0.2) is 0 Å². The van der Waals surface area contributed by atoms with Crippen molar-refractivity contribution >= 4 is 37.8 Å². The lowest BCUT2D eigenvalue weighted by molar-refractivity contribution is -0.139. The van der Waals surface area contributed by atoms with Crippen LogP contribution in [0.5, 0.6) is 0 Å². The molecular weight excluding hydrogens is 316 g/mol. The summed E-state index contributed by atoms with van der Waals surface area (Å²) >= 11 is 6.51. The molecule has 1 atom stereocenters. The zero-order valence-corrected chi connectivity index (χ0v) is 10.5. The highest BCUT2D eigenvalue weighted by Crippen LogP contribution is 2.24. The lowest BCUT2D eigenvalue weighted by Gasteiger charge is -2.12. The van der Waals surface area contributed by atoms with E-state index in [2.05, 4.69) is 42.2 Å². The Morgan fingerprint density at radius 3 is 2.71 bits per heavy atom. The molecule has 1 rings (SSSR count). The maximum Gasteiger partial charge on any atom is 0.327 e. The van der Waals surface area contributed by atoms with Crippen molar-refractivity contribution < 1.29 is 9.90 Å². The van der Waals surface area contributed by atoms with E-state index >= 15 is 0 Å². The van der Waals surface area contributed by atoms with E-state index in [0.717, 1.165) is 4.47 Å². The molecule has 6 heteroatoms. The molecule has 14 heavy (non-hydrogen) atoms. The monoisotopic (exact) mass is 322 g/mol. The number of nitrogens with zero attached hydrogens (tertiary/aromatic N) is 1. The van der Waals surface area contributed by atoms with Gasteiger partial charge in [-0.1, -0.05) is 0 Å². The van der Waals surface area contributed by atoms with Crippen LogP contribution in [0.4, 0.5) is 0 Å². The van der Waals surface area contributed by atoms with Gasteiger partial charge >= 0.3 is 5.97 Å². The molecule has 76 valence electrons. The van der Waals surface area contributed by atoms with Gasteiger partial charge in [-0.25, -0.2) is 0 Å². The Hall–Kier alpha value is -0.460. The van der Waals surface area contributed by atoms with Crippen LogP contribution in [0.3, 0.4) is 0 Å². The van der Waals surface area contributed by atoms with Gasteiger partial charge in [-0.15, -0.1) is 0 Å². The number of carbonyl (C=O) groups is 1. The maximum absolute atomic E-state index is 10.8. The predicted molar refractivity (Wildman–Crippen MR) is 59.1 cm³/mol. The van der Waals surface area contributed by atoms with Crippen molar-refractivity contribution in [2.45, 2.75) is 6.04 Å². The van der Waals surface area contributed by atoms with Crippen LogP contribution >= 0.6 is 31.9 Å². The van der Waals surface area contributed by atoms with Crippen molar-refractivity contribution in [2.75, 3.05) is 7.05 Å². The van der Waals surface area contributed by atoms with Crippen molar-refractivity contribution in [1.82, 2.24) is 10.3 Å². The summed E-state index contributed by atoms with van der Waals surface area (Å²) in [7, 11) is 1.58. The predicted octanol–water partition coefficient (Wildman–Crippen LogP) is 1.95. The smallest absolute Gasteiger partial charge is 0.327 e. The second-order valence-electron chi connectivity index (χ2n) is 2.58. The van der Waals surface area contributed by atoms with Crippen LogP contribution in [0.25, 0.3) is 0 Å². The molecule has 0 aliphatic rings. The third-order valence-electron chi connectivity index (χ3n) is 1.65. The Balaban J connectivity index is 3.10. The number of hydrogen-bond donors (Lipinski definition) is 2. The Bertz CT molecular complexity index is 357. The van der Waals surface area contributed by atoms with E-state index in [9.17, 15) is 4.79 Å². The van der Waals surface area contributed by atoms with Crippen molar-refractivity contribution in [3.05, 3.63) is 26.9 Å². The van der Waals surface area contributed by atoms with Crippen molar-refractivity contribution in [3.8, 4) is 0 Å². The van der Waals surface area contributed by atoms with Crippen molar-refractivity contribution in [2.24, 2.45) is 0 Å². The van der Waals surface area contributed by atoms with Gasteiger partial charge in [-0.3, -0.25) is 9.78 Å². The number of hydrogen-bond acceptors (Lipinski definition) is 3. The van der Waals surface area contributed by atoms with Crippen LogP contribution in [-0.4, -0.2) is 23.1 Å². The summed E-state index contributed by atoms with van der Waals surface area (Å²) in [4.78, 5) is 14.9. The molecule has 2 N–H and O–H groups in total. The molecule has 1 heterocycles. The first-order chi connectivity index (χ1) is 6.56. The number of pyridine rings is 1. The summed E-state index contributed by atoms with van der Waals surface area (Å²) in [6, 6.07) is 0.966. The lowest BCUT2D eigenvalue weighted by Crippen LogP contribution is -2.26. The normalized spacial score (nSPS) is 12.5. The van der Waals surface area contributed by atoms with Gasteiger partial charge in [0.2, 0.25) is 0 Å².